The fraction of sp³-hybridized carbons (Fsp3) is 0.333. The van der Waals surface area contributed by atoms with Crippen molar-refractivity contribution in [3.8, 4) is 5.75 Å². The standard InChI is InChI=1S/C21H23NO5/c23-19(22-12-10-21(26,11-13-22)20(24)25)15-27-18-9-5-4-8-17(18)14-16-6-2-1-3-7-16/h1-9,26H,10-15H2,(H,24,25). The van der Waals surface area contributed by atoms with E-state index >= 15 is 0 Å². The number of para-hydroxylation sites is 1. The molecule has 0 unspecified atom stereocenters. The van der Waals surface area contributed by atoms with Gasteiger partial charge >= 0.3 is 5.97 Å². The average molecular weight is 369 g/mol. The second kappa shape index (κ2) is 8.22. The molecular formula is C21H23NO5. The summed E-state index contributed by atoms with van der Waals surface area (Å²) < 4.78 is 5.75. The molecule has 1 aliphatic heterocycles. The normalized spacial score (nSPS) is 16.0. The molecule has 0 bridgehead atoms. The second-order valence-corrected chi connectivity index (χ2v) is 6.78. The Balaban J connectivity index is 1.58. The summed E-state index contributed by atoms with van der Waals surface area (Å²) in [5.74, 6) is -0.786. The Bertz CT molecular complexity index is 797. The predicted octanol–water partition coefficient (Wildman–Crippen LogP) is 2.09. The van der Waals surface area contributed by atoms with Crippen LogP contribution in [-0.4, -0.2) is 52.3 Å². The molecule has 0 atom stereocenters. The molecule has 2 aromatic carbocycles. The van der Waals surface area contributed by atoms with E-state index in [1.807, 2.05) is 54.6 Å². The highest BCUT2D eigenvalue weighted by Gasteiger charge is 2.40. The summed E-state index contributed by atoms with van der Waals surface area (Å²) in [4.78, 5) is 25.0. The van der Waals surface area contributed by atoms with Gasteiger partial charge in [-0.05, 0) is 17.2 Å². The van der Waals surface area contributed by atoms with Crippen molar-refractivity contribution < 1.29 is 24.5 Å². The maximum atomic E-state index is 12.4. The Labute approximate surface area is 158 Å². The zero-order valence-corrected chi connectivity index (χ0v) is 15.0. The monoisotopic (exact) mass is 369 g/mol. The largest absolute Gasteiger partial charge is 0.483 e. The minimum absolute atomic E-state index is 0.0265. The van der Waals surface area contributed by atoms with Crippen LogP contribution in [0.2, 0.25) is 0 Å². The molecule has 0 spiro atoms. The van der Waals surface area contributed by atoms with E-state index in [9.17, 15) is 14.7 Å². The number of likely N-dealkylation sites (tertiary alicyclic amines) is 1. The van der Waals surface area contributed by atoms with Gasteiger partial charge in [-0.2, -0.15) is 0 Å². The molecule has 0 aromatic heterocycles. The van der Waals surface area contributed by atoms with E-state index in [1.165, 1.54) is 4.90 Å². The maximum absolute atomic E-state index is 12.4. The van der Waals surface area contributed by atoms with Gasteiger partial charge in [-0.25, -0.2) is 4.79 Å². The van der Waals surface area contributed by atoms with Gasteiger partial charge in [0, 0.05) is 32.4 Å². The first-order valence-corrected chi connectivity index (χ1v) is 8.96. The smallest absolute Gasteiger partial charge is 0.335 e. The summed E-state index contributed by atoms with van der Waals surface area (Å²) in [5, 5.41) is 19.0. The second-order valence-electron chi connectivity index (χ2n) is 6.78. The minimum Gasteiger partial charge on any atom is -0.483 e. The molecule has 6 nitrogen and oxygen atoms in total. The van der Waals surface area contributed by atoms with E-state index < -0.39 is 11.6 Å². The van der Waals surface area contributed by atoms with Gasteiger partial charge in [-0.1, -0.05) is 48.5 Å². The molecule has 142 valence electrons. The molecule has 6 heteroatoms. The van der Waals surface area contributed by atoms with Crippen LogP contribution in [-0.2, 0) is 16.0 Å². The maximum Gasteiger partial charge on any atom is 0.335 e. The van der Waals surface area contributed by atoms with E-state index in [0.717, 1.165) is 11.1 Å². The van der Waals surface area contributed by atoms with Crippen molar-refractivity contribution in [2.24, 2.45) is 0 Å². The Morgan fingerprint density at radius 2 is 1.63 bits per heavy atom. The molecule has 2 aromatic rings. The molecule has 0 saturated carbocycles. The number of aliphatic hydroxyl groups is 1. The van der Waals surface area contributed by atoms with Crippen LogP contribution in [0.5, 0.6) is 5.75 Å². The summed E-state index contributed by atoms with van der Waals surface area (Å²) >= 11 is 0. The summed E-state index contributed by atoms with van der Waals surface area (Å²) in [5.41, 5.74) is 0.416. The van der Waals surface area contributed by atoms with Crippen molar-refractivity contribution in [2.45, 2.75) is 24.9 Å². The summed E-state index contributed by atoms with van der Waals surface area (Å²) in [7, 11) is 0. The number of rotatable bonds is 6. The number of nitrogens with zero attached hydrogens (tertiary/aromatic N) is 1. The van der Waals surface area contributed by atoms with Gasteiger partial charge in [0.05, 0.1) is 0 Å². The van der Waals surface area contributed by atoms with Crippen molar-refractivity contribution in [2.75, 3.05) is 19.7 Å². The molecule has 1 fully saturated rings. The Morgan fingerprint density at radius 3 is 2.30 bits per heavy atom. The molecule has 1 heterocycles. The van der Waals surface area contributed by atoms with Gasteiger partial charge < -0.3 is 19.8 Å². The third-order valence-corrected chi connectivity index (χ3v) is 4.90. The van der Waals surface area contributed by atoms with Crippen LogP contribution in [0, 0.1) is 0 Å². The van der Waals surface area contributed by atoms with E-state index in [-0.39, 0.29) is 38.4 Å². The molecular weight excluding hydrogens is 346 g/mol. The van der Waals surface area contributed by atoms with Gasteiger partial charge in [0.25, 0.3) is 5.91 Å². The predicted molar refractivity (Wildman–Crippen MR) is 99.6 cm³/mol. The summed E-state index contributed by atoms with van der Waals surface area (Å²) in [6.07, 6.45) is 0.762. The van der Waals surface area contributed by atoms with Crippen LogP contribution < -0.4 is 4.74 Å². The van der Waals surface area contributed by atoms with E-state index in [1.54, 1.807) is 0 Å². The molecule has 3 rings (SSSR count). The Hall–Kier alpha value is -2.86. The number of benzene rings is 2. The summed E-state index contributed by atoms with van der Waals surface area (Å²) in [6, 6.07) is 17.6. The first kappa shape index (κ1) is 18.9. The number of piperidine rings is 1. The van der Waals surface area contributed by atoms with E-state index in [2.05, 4.69) is 0 Å². The zero-order chi connectivity index (χ0) is 19.3. The third-order valence-electron chi connectivity index (χ3n) is 4.90. The lowest BCUT2D eigenvalue weighted by atomic mass is 9.91. The molecule has 0 aliphatic carbocycles. The number of hydrogen-bond acceptors (Lipinski definition) is 4. The van der Waals surface area contributed by atoms with Crippen LogP contribution in [0.1, 0.15) is 24.0 Å². The quantitative estimate of drug-likeness (QED) is 0.814. The number of carbonyl (C=O) groups excluding carboxylic acids is 1. The highest BCUT2D eigenvalue weighted by atomic mass is 16.5. The molecule has 1 saturated heterocycles. The Morgan fingerprint density at radius 1 is 1.00 bits per heavy atom. The lowest BCUT2D eigenvalue weighted by Crippen LogP contribution is -2.51. The van der Waals surface area contributed by atoms with Crippen molar-refractivity contribution in [1.82, 2.24) is 4.90 Å². The number of aliphatic carboxylic acids is 1. The fourth-order valence-corrected chi connectivity index (χ4v) is 3.18. The molecule has 27 heavy (non-hydrogen) atoms. The lowest BCUT2D eigenvalue weighted by molar-refractivity contribution is -0.165. The minimum atomic E-state index is -1.74. The van der Waals surface area contributed by atoms with Gasteiger partial charge in [-0.3, -0.25) is 4.79 Å². The number of carbonyl (C=O) groups is 2. The van der Waals surface area contributed by atoms with Crippen LogP contribution in [0.4, 0.5) is 0 Å². The highest BCUT2D eigenvalue weighted by Crippen LogP contribution is 2.24. The van der Waals surface area contributed by atoms with Crippen molar-refractivity contribution >= 4 is 11.9 Å². The SMILES string of the molecule is O=C(COc1ccccc1Cc1ccccc1)N1CCC(O)(C(=O)O)CC1. The molecule has 1 amide bonds. The first-order valence-electron chi connectivity index (χ1n) is 8.96. The third kappa shape index (κ3) is 4.65. The highest BCUT2D eigenvalue weighted by molar-refractivity contribution is 5.80. The van der Waals surface area contributed by atoms with Gasteiger partial charge in [0.1, 0.15) is 5.75 Å². The van der Waals surface area contributed by atoms with Gasteiger partial charge in [-0.15, -0.1) is 0 Å². The molecule has 2 N–H and O–H groups in total. The number of ether oxygens (including phenoxy) is 1. The fourth-order valence-electron chi connectivity index (χ4n) is 3.18. The average Bonchev–Trinajstić information content (AvgIpc) is 2.68. The van der Waals surface area contributed by atoms with Crippen LogP contribution >= 0.6 is 0 Å². The van der Waals surface area contributed by atoms with Crippen LogP contribution in [0.25, 0.3) is 0 Å². The summed E-state index contributed by atoms with van der Waals surface area (Å²) in [6.45, 7) is 0.296. The number of hydrogen-bond donors (Lipinski definition) is 2. The number of carboxylic acids is 1. The van der Waals surface area contributed by atoms with Crippen LogP contribution in [0.15, 0.2) is 54.6 Å². The molecule has 1 aliphatic rings. The van der Waals surface area contributed by atoms with Gasteiger partial charge in [0.2, 0.25) is 0 Å². The van der Waals surface area contributed by atoms with Crippen molar-refractivity contribution in [1.29, 1.82) is 0 Å². The van der Waals surface area contributed by atoms with Crippen molar-refractivity contribution in [3.63, 3.8) is 0 Å². The van der Waals surface area contributed by atoms with Gasteiger partial charge in [0.15, 0.2) is 12.2 Å². The Kier molecular flexibility index (Phi) is 5.76. The topological polar surface area (TPSA) is 87.1 Å². The van der Waals surface area contributed by atoms with Crippen molar-refractivity contribution in [3.05, 3.63) is 65.7 Å². The number of amides is 1. The van der Waals surface area contributed by atoms with E-state index in [0.29, 0.717) is 12.2 Å². The first-order chi connectivity index (χ1) is 13.0. The van der Waals surface area contributed by atoms with E-state index in [4.69, 9.17) is 9.84 Å². The number of carboxylic acid groups (broad SMARTS) is 1. The molecule has 0 radical (unpaired) electrons. The lowest BCUT2D eigenvalue weighted by Gasteiger charge is -2.35. The zero-order valence-electron chi connectivity index (χ0n) is 15.0. The van der Waals surface area contributed by atoms with Crippen LogP contribution in [0.3, 0.4) is 0 Å².